The van der Waals surface area contributed by atoms with Gasteiger partial charge in [-0.3, -0.25) is 4.48 Å². The van der Waals surface area contributed by atoms with E-state index in [0.717, 1.165) is 4.48 Å². The fraction of sp³-hybridized carbons (Fsp3) is 0.571. The molecule has 0 aliphatic carbocycles. The van der Waals surface area contributed by atoms with E-state index in [1.807, 2.05) is 6.07 Å². The van der Waals surface area contributed by atoms with Crippen LogP contribution in [-0.4, -0.2) is 30.3 Å². The van der Waals surface area contributed by atoms with Crippen molar-refractivity contribution in [3.8, 4) is 0 Å². The summed E-state index contributed by atoms with van der Waals surface area (Å²) in [5, 5.41) is 0. The first-order valence-electron chi connectivity index (χ1n) is 5.93. The van der Waals surface area contributed by atoms with E-state index >= 15 is 0 Å². The van der Waals surface area contributed by atoms with Crippen LogP contribution in [0.3, 0.4) is 0 Å². The van der Waals surface area contributed by atoms with Crippen molar-refractivity contribution in [2.45, 2.75) is 38.6 Å². The molecule has 1 aliphatic rings. The standard InChI is InChI=1S/C14H22NO/c1-11-13(12-9-7-6-8-10-12)16-14(2,3)15(11,4)5/h6-11,13H,1-5H3/q+1/t11-,13-/m0/s1. The second-order valence-corrected chi connectivity index (χ2v) is 5.68. The van der Waals surface area contributed by atoms with Gasteiger partial charge in [-0.2, -0.15) is 0 Å². The maximum absolute atomic E-state index is 6.23. The number of ether oxygens (including phenoxy) is 1. The zero-order valence-electron chi connectivity index (χ0n) is 10.9. The highest BCUT2D eigenvalue weighted by atomic mass is 16.5. The van der Waals surface area contributed by atoms with Crippen molar-refractivity contribution in [1.82, 2.24) is 0 Å². The lowest BCUT2D eigenvalue weighted by Crippen LogP contribution is -2.55. The van der Waals surface area contributed by atoms with Crippen LogP contribution in [0.2, 0.25) is 0 Å². The average Bonchev–Trinajstić information content (AvgIpc) is 2.40. The summed E-state index contributed by atoms with van der Waals surface area (Å²) in [6.45, 7) is 6.62. The molecule has 1 aliphatic heterocycles. The van der Waals surface area contributed by atoms with Gasteiger partial charge in [0.05, 0.1) is 14.1 Å². The van der Waals surface area contributed by atoms with Gasteiger partial charge in [-0.1, -0.05) is 30.3 Å². The lowest BCUT2D eigenvalue weighted by Gasteiger charge is -2.39. The van der Waals surface area contributed by atoms with E-state index in [2.05, 4.69) is 59.1 Å². The zero-order chi connectivity index (χ0) is 12.0. The van der Waals surface area contributed by atoms with Crippen molar-refractivity contribution in [1.29, 1.82) is 0 Å². The van der Waals surface area contributed by atoms with E-state index in [9.17, 15) is 0 Å². The highest BCUT2D eigenvalue weighted by Crippen LogP contribution is 2.43. The monoisotopic (exact) mass is 220 g/mol. The highest BCUT2D eigenvalue weighted by molar-refractivity contribution is 5.19. The van der Waals surface area contributed by atoms with E-state index in [1.165, 1.54) is 5.56 Å². The fourth-order valence-electron chi connectivity index (χ4n) is 2.36. The van der Waals surface area contributed by atoms with E-state index in [-0.39, 0.29) is 11.8 Å². The Morgan fingerprint density at radius 1 is 1.12 bits per heavy atom. The Morgan fingerprint density at radius 2 is 1.69 bits per heavy atom. The molecule has 2 nitrogen and oxygen atoms in total. The maximum atomic E-state index is 6.23. The second-order valence-electron chi connectivity index (χ2n) is 5.68. The first kappa shape index (κ1) is 11.6. The summed E-state index contributed by atoms with van der Waals surface area (Å²) in [6, 6.07) is 11.0. The Kier molecular flexibility index (Phi) is 2.59. The second kappa shape index (κ2) is 3.57. The molecule has 0 radical (unpaired) electrons. The molecule has 0 N–H and O–H groups in total. The summed E-state index contributed by atoms with van der Waals surface area (Å²) in [7, 11) is 4.49. The van der Waals surface area contributed by atoms with Gasteiger partial charge in [-0.15, -0.1) is 0 Å². The van der Waals surface area contributed by atoms with Gasteiger partial charge in [0.25, 0.3) is 0 Å². The smallest absolute Gasteiger partial charge is 0.198 e. The van der Waals surface area contributed by atoms with Gasteiger partial charge < -0.3 is 4.74 Å². The van der Waals surface area contributed by atoms with Crippen molar-refractivity contribution in [3.05, 3.63) is 35.9 Å². The number of quaternary nitrogens is 1. The molecule has 2 rings (SSSR count). The van der Waals surface area contributed by atoms with E-state index in [4.69, 9.17) is 4.74 Å². The van der Waals surface area contributed by atoms with Gasteiger partial charge >= 0.3 is 0 Å². The van der Waals surface area contributed by atoms with Crippen molar-refractivity contribution >= 4 is 0 Å². The Bertz CT molecular complexity index is 370. The molecule has 0 bridgehead atoms. The molecule has 1 aromatic rings. The van der Waals surface area contributed by atoms with Gasteiger partial charge in [0.15, 0.2) is 5.72 Å². The molecular weight excluding hydrogens is 198 g/mol. The number of nitrogens with zero attached hydrogens (tertiary/aromatic N) is 1. The number of benzene rings is 1. The molecule has 2 heteroatoms. The van der Waals surface area contributed by atoms with Crippen LogP contribution >= 0.6 is 0 Å². The molecule has 0 aromatic heterocycles. The van der Waals surface area contributed by atoms with Crippen LogP contribution in [-0.2, 0) is 4.74 Å². The average molecular weight is 220 g/mol. The van der Waals surface area contributed by atoms with Crippen molar-refractivity contribution in [2.75, 3.05) is 14.1 Å². The van der Waals surface area contributed by atoms with Gasteiger partial charge in [0, 0.05) is 13.8 Å². The molecule has 1 fully saturated rings. The largest absolute Gasteiger partial charge is 0.313 e. The first-order chi connectivity index (χ1) is 7.36. The summed E-state index contributed by atoms with van der Waals surface area (Å²) in [4.78, 5) is 0. The van der Waals surface area contributed by atoms with Gasteiger partial charge in [0.2, 0.25) is 0 Å². The van der Waals surface area contributed by atoms with Gasteiger partial charge in [0.1, 0.15) is 12.1 Å². The van der Waals surface area contributed by atoms with E-state index < -0.39 is 0 Å². The summed E-state index contributed by atoms with van der Waals surface area (Å²) in [6.07, 6.45) is 0.200. The normalized spacial score (nSPS) is 31.6. The molecular formula is C14H22NO+. The quantitative estimate of drug-likeness (QED) is 0.661. The minimum Gasteiger partial charge on any atom is -0.313 e. The number of likely N-dealkylation sites (N-methyl/N-ethyl adjacent to an activating group) is 1. The van der Waals surface area contributed by atoms with Crippen LogP contribution in [0, 0.1) is 0 Å². The lowest BCUT2D eigenvalue weighted by atomic mass is 10.0. The van der Waals surface area contributed by atoms with Crippen molar-refractivity contribution in [2.24, 2.45) is 0 Å². The van der Waals surface area contributed by atoms with Crippen LogP contribution in [0.1, 0.15) is 32.4 Å². The van der Waals surface area contributed by atoms with Crippen LogP contribution < -0.4 is 0 Å². The maximum Gasteiger partial charge on any atom is 0.198 e. The van der Waals surface area contributed by atoms with Crippen LogP contribution in [0.25, 0.3) is 0 Å². The highest BCUT2D eigenvalue weighted by Gasteiger charge is 2.54. The third-order valence-electron chi connectivity index (χ3n) is 4.39. The van der Waals surface area contributed by atoms with Crippen molar-refractivity contribution in [3.63, 3.8) is 0 Å². The first-order valence-corrected chi connectivity index (χ1v) is 5.93. The molecule has 0 saturated carbocycles. The minimum absolute atomic E-state index is 0.125. The topological polar surface area (TPSA) is 9.23 Å². The van der Waals surface area contributed by atoms with Gasteiger partial charge in [-0.25, -0.2) is 0 Å². The summed E-state index contributed by atoms with van der Waals surface area (Å²) in [5.41, 5.74) is 1.16. The molecule has 88 valence electrons. The molecule has 0 amide bonds. The molecule has 0 spiro atoms. The molecule has 2 atom stereocenters. The predicted octanol–water partition coefficient (Wildman–Crippen LogP) is 2.96. The molecule has 1 saturated heterocycles. The lowest BCUT2D eigenvalue weighted by molar-refractivity contribution is -0.958. The van der Waals surface area contributed by atoms with Crippen molar-refractivity contribution < 1.29 is 9.22 Å². The molecule has 1 aromatic carbocycles. The SMILES string of the molecule is C[C@H]1[C@@H](c2ccccc2)OC(C)(C)[N+]1(C)C. The zero-order valence-corrected chi connectivity index (χ0v) is 10.9. The molecule has 16 heavy (non-hydrogen) atoms. The molecule has 0 unspecified atom stereocenters. The Balaban J connectivity index is 2.35. The number of rotatable bonds is 1. The van der Waals surface area contributed by atoms with Crippen LogP contribution in [0.5, 0.6) is 0 Å². The van der Waals surface area contributed by atoms with Crippen LogP contribution in [0.4, 0.5) is 0 Å². The van der Waals surface area contributed by atoms with E-state index in [0.29, 0.717) is 6.04 Å². The molecule has 1 heterocycles. The Labute approximate surface area is 98.4 Å². The predicted molar refractivity (Wildman–Crippen MR) is 65.9 cm³/mol. The summed E-state index contributed by atoms with van der Waals surface area (Å²) >= 11 is 0. The number of hydrogen-bond donors (Lipinski definition) is 0. The van der Waals surface area contributed by atoms with E-state index in [1.54, 1.807) is 0 Å². The third-order valence-corrected chi connectivity index (χ3v) is 4.39. The van der Waals surface area contributed by atoms with Gasteiger partial charge in [-0.05, 0) is 12.5 Å². The fourth-order valence-corrected chi connectivity index (χ4v) is 2.36. The third kappa shape index (κ3) is 1.57. The minimum atomic E-state index is -0.125. The Morgan fingerprint density at radius 3 is 2.12 bits per heavy atom. The summed E-state index contributed by atoms with van der Waals surface area (Å²) in [5.74, 6) is 0. The van der Waals surface area contributed by atoms with Crippen LogP contribution in [0.15, 0.2) is 30.3 Å². The summed E-state index contributed by atoms with van der Waals surface area (Å²) < 4.78 is 7.13. The Hall–Kier alpha value is -0.860. The number of hydrogen-bond acceptors (Lipinski definition) is 1.